The Bertz CT molecular complexity index is 759. The first-order valence-corrected chi connectivity index (χ1v) is 6.72. The van der Waals surface area contributed by atoms with Crippen molar-refractivity contribution in [2.45, 2.75) is 13.0 Å². The molecule has 1 aromatic rings. The number of benzene rings is 1. The fourth-order valence-electron chi connectivity index (χ4n) is 2.77. The van der Waals surface area contributed by atoms with Gasteiger partial charge in [-0.2, -0.15) is 0 Å². The third-order valence-electron chi connectivity index (χ3n) is 3.72. The second-order valence-corrected chi connectivity index (χ2v) is 4.98. The smallest absolute Gasteiger partial charge is 0.232 e. The van der Waals surface area contributed by atoms with Crippen molar-refractivity contribution in [1.82, 2.24) is 0 Å². The summed E-state index contributed by atoms with van der Waals surface area (Å²) in [6, 6.07) is 0. The summed E-state index contributed by atoms with van der Waals surface area (Å²) in [5, 5.41) is 20.2. The molecule has 1 heterocycles. The molecule has 0 amide bonds. The van der Waals surface area contributed by atoms with Crippen molar-refractivity contribution >= 4 is 11.6 Å². The van der Waals surface area contributed by atoms with Crippen LogP contribution in [0.3, 0.4) is 0 Å². The van der Waals surface area contributed by atoms with Gasteiger partial charge < -0.3 is 29.2 Å². The van der Waals surface area contributed by atoms with Crippen LogP contribution in [-0.2, 0) is 4.74 Å². The van der Waals surface area contributed by atoms with E-state index in [4.69, 9.17) is 18.9 Å². The fourth-order valence-corrected chi connectivity index (χ4v) is 2.77. The van der Waals surface area contributed by atoms with Gasteiger partial charge in [-0.15, -0.1) is 0 Å². The number of methoxy groups -OCH3 is 2. The lowest BCUT2D eigenvalue weighted by Gasteiger charge is -2.24. The summed E-state index contributed by atoms with van der Waals surface area (Å²) in [5.74, 6) is -2.35. The number of allylic oxidation sites excluding steroid dienone is 1. The Balaban J connectivity index is 2.39. The van der Waals surface area contributed by atoms with Gasteiger partial charge in [0.05, 0.1) is 37.0 Å². The lowest BCUT2D eigenvalue weighted by atomic mass is 9.84. The molecule has 0 spiro atoms. The highest BCUT2D eigenvalue weighted by atomic mass is 16.7. The molecule has 1 aliphatic heterocycles. The van der Waals surface area contributed by atoms with E-state index in [1.807, 2.05) is 0 Å². The first kappa shape index (κ1) is 15.2. The number of ether oxygens (including phenoxy) is 4. The quantitative estimate of drug-likeness (QED) is 0.840. The van der Waals surface area contributed by atoms with Crippen LogP contribution >= 0.6 is 0 Å². The molecule has 1 atom stereocenters. The van der Waals surface area contributed by atoms with Gasteiger partial charge in [0.25, 0.3) is 0 Å². The lowest BCUT2D eigenvalue weighted by molar-refractivity contribution is 0.0866. The van der Waals surface area contributed by atoms with E-state index in [2.05, 4.69) is 0 Å². The second-order valence-electron chi connectivity index (χ2n) is 4.98. The van der Waals surface area contributed by atoms with Crippen LogP contribution in [0.15, 0.2) is 11.3 Å². The molecule has 0 fully saturated rings. The summed E-state index contributed by atoms with van der Waals surface area (Å²) in [5.41, 5.74) is -0.665. The number of hydrogen-bond donors (Lipinski definition) is 2. The Labute approximate surface area is 130 Å². The summed E-state index contributed by atoms with van der Waals surface area (Å²) in [4.78, 5) is 25.4. The number of Topliss-reactive ketones (excluding diaryl/α,β-unsaturated/α-hetero) is 2. The van der Waals surface area contributed by atoms with E-state index < -0.39 is 23.4 Å². The highest BCUT2D eigenvalue weighted by molar-refractivity contribution is 6.29. The van der Waals surface area contributed by atoms with Gasteiger partial charge in [0.15, 0.2) is 23.0 Å². The minimum absolute atomic E-state index is 0.00121. The van der Waals surface area contributed by atoms with Gasteiger partial charge in [0.2, 0.25) is 24.1 Å². The third kappa shape index (κ3) is 1.88. The summed E-state index contributed by atoms with van der Waals surface area (Å²) < 4.78 is 20.5. The zero-order valence-corrected chi connectivity index (χ0v) is 12.6. The SMILES string of the molecule is COC1=C(C(C)O)C(=O)c2c3c(c(OC)c(O)c2C1=O)OCO3. The van der Waals surface area contributed by atoms with E-state index in [1.165, 1.54) is 21.1 Å². The Morgan fingerprint density at radius 2 is 1.70 bits per heavy atom. The van der Waals surface area contributed by atoms with E-state index in [-0.39, 0.29) is 46.5 Å². The van der Waals surface area contributed by atoms with E-state index in [9.17, 15) is 19.8 Å². The van der Waals surface area contributed by atoms with Crippen LogP contribution in [0, 0.1) is 0 Å². The molecular weight excluding hydrogens is 308 g/mol. The summed E-state index contributed by atoms with van der Waals surface area (Å²) >= 11 is 0. The number of phenols is 1. The summed E-state index contributed by atoms with van der Waals surface area (Å²) in [6.45, 7) is 1.15. The predicted octanol–water partition coefficient (Wildman–Crippen LogP) is 0.790. The maximum Gasteiger partial charge on any atom is 0.232 e. The number of rotatable bonds is 3. The maximum atomic E-state index is 12.7. The van der Waals surface area contributed by atoms with Crippen molar-refractivity contribution < 1.29 is 38.7 Å². The van der Waals surface area contributed by atoms with Crippen LogP contribution < -0.4 is 14.2 Å². The van der Waals surface area contributed by atoms with E-state index in [0.717, 1.165) is 0 Å². The number of aliphatic hydroxyl groups excluding tert-OH is 1. The monoisotopic (exact) mass is 322 g/mol. The molecule has 1 aliphatic carbocycles. The molecule has 2 aliphatic rings. The zero-order valence-electron chi connectivity index (χ0n) is 12.6. The maximum absolute atomic E-state index is 12.7. The Hall–Kier alpha value is -2.74. The van der Waals surface area contributed by atoms with Gasteiger partial charge in [-0.1, -0.05) is 0 Å². The second kappa shape index (κ2) is 5.17. The minimum Gasteiger partial charge on any atom is -0.504 e. The number of aliphatic hydroxyl groups is 1. The number of fused-ring (bicyclic) bond motifs is 3. The van der Waals surface area contributed by atoms with E-state index in [0.29, 0.717) is 0 Å². The van der Waals surface area contributed by atoms with Gasteiger partial charge in [-0.25, -0.2) is 0 Å². The Morgan fingerprint density at radius 1 is 1.04 bits per heavy atom. The van der Waals surface area contributed by atoms with Crippen LogP contribution in [0.5, 0.6) is 23.0 Å². The van der Waals surface area contributed by atoms with Gasteiger partial charge in [-0.3, -0.25) is 9.59 Å². The Kier molecular flexibility index (Phi) is 3.41. The third-order valence-corrected chi connectivity index (χ3v) is 3.72. The van der Waals surface area contributed by atoms with Crippen LogP contribution in [0.2, 0.25) is 0 Å². The molecule has 1 aromatic carbocycles. The number of phenolic OH excluding ortho intramolecular Hbond substituents is 1. The molecule has 0 aromatic heterocycles. The topological polar surface area (TPSA) is 112 Å². The zero-order chi connectivity index (χ0) is 16.9. The number of aromatic hydroxyl groups is 1. The summed E-state index contributed by atoms with van der Waals surface area (Å²) in [6.07, 6.45) is -1.24. The highest BCUT2D eigenvalue weighted by Crippen LogP contribution is 2.53. The molecule has 0 radical (unpaired) electrons. The standard InChI is InChI=1S/C15H14O8/c1-5(16)6-9(17)8-7(10(18)12(6)20-2)11(19)14(21-3)15-13(8)22-4-23-15/h5,16,19H,4H2,1-3H3. The number of ketones is 2. The average Bonchev–Trinajstić information content (AvgIpc) is 2.98. The molecule has 23 heavy (non-hydrogen) atoms. The molecule has 0 saturated carbocycles. The fraction of sp³-hybridized carbons (Fsp3) is 0.333. The van der Waals surface area contributed by atoms with Crippen LogP contribution in [-0.4, -0.2) is 48.9 Å². The van der Waals surface area contributed by atoms with Crippen LogP contribution in [0.4, 0.5) is 0 Å². The molecule has 0 saturated heterocycles. The molecule has 1 unspecified atom stereocenters. The predicted molar refractivity (Wildman–Crippen MR) is 75.2 cm³/mol. The molecule has 3 rings (SSSR count). The largest absolute Gasteiger partial charge is 0.504 e. The molecule has 8 heteroatoms. The van der Waals surface area contributed by atoms with Crippen molar-refractivity contribution in [3.05, 3.63) is 22.5 Å². The van der Waals surface area contributed by atoms with Crippen LogP contribution in [0.1, 0.15) is 27.6 Å². The molecular formula is C15H14O8. The van der Waals surface area contributed by atoms with E-state index >= 15 is 0 Å². The molecule has 2 N–H and O–H groups in total. The number of hydrogen-bond acceptors (Lipinski definition) is 8. The van der Waals surface area contributed by atoms with Crippen molar-refractivity contribution in [1.29, 1.82) is 0 Å². The minimum atomic E-state index is -1.24. The van der Waals surface area contributed by atoms with Crippen LogP contribution in [0.25, 0.3) is 0 Å². The van der Waals surface area contributed by atoms with Crippen molar-refractivity contribution in [2.75, 3.05) is 21.0 Å². The van der Waals surface area contributed by atoms with Gasteiger partial charge in [0, 0.05) is 0 Å². The normalized spacial score (nSPS) is 17.2. The number of carbonyl (C=O) groups is 2. The van der Waals surface area contributed by atoms with Crippen molar-refractivity contribution in [3.63, 3.8) is 0 Å². The van der Waals surface area contributed by atoms with Gasteiger partial charge >= 0.3 is 0 Å². The number of carbonyl (C=O) groups excluding carboxylic acids is 2. The average molecular weight is 322 g/mol. The van der Waals surface area contributed by atoms with Crippen molar-refractivity contribution in [3.8, 4) is 23.0 Å². The first-order valence-electron chi connectivity index (χ1n) is 6.72. The highest BCUT2D eigenvalue weighted by Gasteiger charge is 2.44. The van der Waals surface area contributed by atoms with Crippen molar-refractivity contribution in [2.24, 2.45) is 0 Å². The van der Waals surface area contributed by atoms with Gasteiger partial charge in [0.1, 0.15) is 0 Å². The summed E-state index contributed by atoms with van der Waals surface area (Å²) in [7, 11) is 2.49. The van der Waals surface area contributed by atoms with E-state index in [1.54, 1.807) is 0 Å². The molecule has 0 bridgehead atoms. The first-order chi connectivity index (χ1) is 10.9. The molecule has 122 valence electrons. The molecule has 8 nitrogen and oxygen atoms in total. The van der Waals surface area contributed by atoms with Gasteiger partial charge in [-0.05, 0) is 6.92 Å². The Morgan fingerprint density at radius 3 is 2.26 bits per heavy atom. The lowest BCUT2D eigenvalue weighted by Crippen LogP contribution is -2.29.